The molecule has 2 aromatic rings. The van der Waals surface area contributed by atoms with Crippen molar-refractivity contribution in [2.75, 3.05) is 7.11 Å². The van der Waals surface area contributed by atoms with Crippen molar-refractivity contribution in [2.45, 2.75) is 0 Å². The van der Waals surface area contributed by atoms with Crippen molar-refractivity contribution >= 4 is 0 Å². The second kappa shape index (κ2) is 4.49. The zero-order valence-electron chi connectivity index (χ0n) is 9.10. The Balaban J connectivity index is 2.65. The minimum atomic E-state index is -0.251. The van der Waals surface area contributed by atoms with Gasteiger partial charge in [0.05, 0.1) is 30.8 Å². The lowest BCUT2D eigenvalue weighted by molar-refractivity contribution is 0.416. The Morgan fingerprint density at radius 3 is 2.88 bits per heavy atom. The largest absolute Gasteiger partial charge is 0.496 e. The van der Waals surface area contributed by atoms with E-state index in [1.165, 1.54) is 19.5 Å². The van der Waals surface area contributed by atoms with Gasteiger partial charge in [-0.2, -0.15) is 5.26 Å². The molecular weight excluding hydrogens is 218 g/mol. The Bertz CT molecular complexity index is 641. The smallest absolute Gasteiger partial charge is 0.251 e. The Kier molecular flexibility index (Phi) is 2.88. The molecule has 17 heavy (non-hydrogen) atoms. The molecular formula is C12H9N3O2. The van der Waals surface area contributed by atoms with Crippen LogP contribution < -0.4 is 10.3 Å². The summed E-state index contributed by atoms with van der Waals surface area (Å²) in [4.78, 5) is 17.7. The summed E-state index contributed by atoms with van der Waals surface area (Å²) in [5.41, 5.74) is 1.34. The predicted molar refractivity (Wildman–Crippen MR) is 61.6 cm³/mol. The van der Waals surface area contributed by atoms with Crippen LogP contribution >= 0.6 is 0 Å². The van der Waals surface area contributed by atoms with E-state index in [0.29, 0.717) is 22.6 Å². The summed E-state index contributed by atoms with van der Waals surface area (Å²) in [6, 6.07) is 8.36. The maximum atomic E-state index is 11.2. The first-order valence-electron chi connectivity index (χ1n) is 4.88. The molecule has 1 heterocycles. The molecule has 0 bridgehead atoms. The number of hydrogen-bond donors (Lipinski definition) is 1. The minimum Gasteiger partial charge on any atom is -0.496 e. The zero-order valence-corrected chi connectivity index (χ0v) is 9.10. The molecule has 0 spiro atoms. The molecule has 1 aromatic carbocycles. The first-order valence-corrected chi connectivity index (χ1v) is 4.88. The van der Waals surface area contributed by atoms with Crippen molar-refractivity contribution in [3.8, 4) is 23.1 Å². The van der Waals surface area contributed by atoms with Crippen LogP contribution in [0, 0.1) is 11.3 Å². The van der Waals surface area contributed by atoms with Gasteiger partial charge >= 0.3 is 0 Å². The zero-order chi connectivity index (χ0) is 12.3. The number of methoxy groups -OCH3 is 1. The normalized spacial score (nSPS) is 9.65. The van der Waals surface area contributed by atoms with Crippen LogP contribution in [0.2, 0.25) is 0 Å². The number of rotatable bonds is 2. The minimum absolute atomic E-state index is 0.251. The number of nitriles is 1. The van der Waals surface area contributed by atoms with E-state index in [4.69, 9.17) is 10.00 Å². The van der Waals surface area contributed by atoms with Crippen LogP contribution in [0.3, 0.4) is 0 Å². The lowest BCUT2D eigenvalue weighted by Gasteiger charge is -2.07. The van der Waals surface area contributed by atoms with Crippen molar-refractivity contribution in [3.05, 3.63) is 46.5 Å². The van der Waals surface area contributed by atoms with Gasteiger partial charge in [-0.3, -0.25) is 4.79 Å². The highest BCUT2D eigenvalue weighted by Crippen LogP contribution is 2.28. The molecule has 5 nitrogen and oxygen atoms in total. The summed E-state index contributed by atoms with van der Waals surface area (Å²) in [6.07, 6.45) is 1.32. The lowest BCUT2D eigenvalue weighted by Crippen LogP contribution is -2.05. The maximum Gasteiger partial charge on any atom is 0.251 e. The van der Waals surface area contributed by atoms with Gasteiger partial charge in [0, 0.05) is 11.6 Å². The van der Waals surface area contributed by atoms with Crippen LogP contribution in [0.1, 0.15) is 5.56 Å². The van der Waals surface area contributed by atoms with E-state index >= 15 is 0 Å². The summed E-state index contributed by atoms with van der Waals surface area (Å²) < 4.78 is 5.18. The first-order chi connectivity index (χ1) is 8.24. The standard InChI is InChI=1S/C12H9N3O2/c1-17-11-3-2-8(6-13)4-9(11)10-5-12(16)15-7-14-10/h2-5,7H,1H3,(H,14,15,16). The van der Waals surface area contributed by atoms with E-state index in [9.17, 15) is 4.79 Å². The van der Waals surface area contributed by atoms with Crippen molar-refractivity contribution in [3.63, 3.8) is 0 Å². The highest BCUT2D eigenvalue weighted by atomic mass is 16.5. The molecule has 0 saturated heterocycles. The Hall–Kier alpha value is -2.61. The summed E-state index contributed by atoms with van der Waals surface area (Å²) in [5.74, 6) is 0.571. The second-order valence-corrected chi connectivity index (χ2v) is 3.32. The molecule has 0 aliphatic heterocycles. The number of aromatic amines is 1. The fourth-order valence-electron chi connectivity index (χ4n) is 1.49. The molecule has 0 fully saturated rings. The molecule has 0 atom stereocenters. The predicted octanol–water partition coefficient (Wildman–Crippen LogP) is 1.32. The van der Waals surface area contributed by atoms with Crippen molar-refractivity contribution in [2.24, 2.45) is 0 Å². The summed E-state index contributed by atoms with van der Waals surface area (Å²) >= 11 is 0. The maximum absolute atomic E-state index is 11.2. The van der Waals surface area contributed by atoms with Crippen LogP contribution in [0.5, 0.6) is 5.75 Å². The van der Waals surface area contributed by atoms with Crippen LogP contribution in [0.4, 0.5) is 0 Å². The summed E-state index contributed by atoms with van der Waals surface area (Å²) in [5, 5.41) is 8.85. The average molecular weight is 227 g/mol. The molecule has 0 unspecified atom stereocenters. The van der Waals surface area contributed by atoms with Crippen LogP contribution in [0.25, 0.3) is 11.3 Å². The van der Waals surface area contributed by atoms with Crippen LogP contribution in [0.15, 0.2) is 35.4 Å². The number of aromatic nitrogens is 2. The van der Waals surface area contributed by atoms with Gasteiger partial charge in [-0.1, -0.05) is 0 Å². The van der Waals surface area contributed by atoms with Gasteiger partial charge in [-0.05, 0) is 18.2 Å². The summed E-state index contributed by atoms with van der Waals surface area (Å²) in [6.45, 7) is 0. The van der Waals surface area contributed by atoms with Gasteiger partial charge in [0.2, 0.25) is 0 Å². The second-order valence-electron chi connectivity index (χ2n) is 3.32. The van der Waals surface area contributed by atoms with Gasteiger partial charge in [0.15, 0.2) is 0 Å². The molecule has 0 amide bonds. The third-order valence-corrected chi connectivity index (χ3v) is 2.28. The number of ether oxygens (including phenoxy) is 1. The summed E-state index contributed by atoms with van der Waals surface area (Å²) in [7, 11) is 1.53. The molecule has 0 aliphatic rings. The molecule has 1 N–H and O–H groups in total. The van der Waals surface area contributed by atoms with Gasteiger partial charge in [0.25, 0.3) is 5.56 Å². The third kappa shape index (κ3) is 2.16. The molecule has 5 heteroatoms. The highest BCUT2D eigenvalue weighted by molar-refractivity contribution is 5.68. The van der Waals surface area contributed by atoms with Crippen molar-refractivity contribution in [1.29, 1.82) is 5.26 Å². The average Bonchev–Trinajstić information content (AvgIpc) is 2.38. The van der Waals surface area contributed by atoms with Crippen LogP contribution in [-0.4, -0.2) is 17.1 Å². The molecule has 0 radical (unpaired) electrons. The van der Waals surface area contributed by atoms with Crippen molar-refractivity contribution < 1.29 is 4.74 Å². The van der Waals surface area contributed by atoms with Crippen LogP contribution in [-0.2, 0) is 0 Å². The number of benzene rings is 1. The molecule has 84 valence electrons. The fourth-order valence-corrected chi connectivity index (χ4v) is 1.49. The SMILES string of the molecule is COc1ccc(C#N)cc1-c1cc(=O)[nH]cn1. The molecule has 0 saturated carbocycles. The third-order valence-electron chi connectivity index (χ3n) is 2.28. The van der Waals surface area contributed by atoms with E-state index in [0.717, 1.165) is 0 Å². The van der Waals surface area contributed by atoms with Gasteiger partial charge in [-0.15, -0.1) is 0 Å². The van der Waals surface area contributed by atoms with E-state index in [2.05, 4.69) is 9.97 Å². The fraction of sp³-hybridized carbons (Fsp3) is 0.0833. The van der Waals surface area contributed by atoms with E-state index in [1.54, 1.807) is 18.2 Å². The quantitative estimate of drug-likeness (QED) is 0.839. The van der Waals surface area contributed by atoms with Gasteiger partial charge < -0.3 is 9.72 Å². The van der Waals surface area contributed by atoms with Gasteiger partial charge in [-0.25, -0.2) is 4.98 Å². The monoisotopic (exact) mass is 227 g/mol. The Morgan fingerprint density at radius 2 is 2.24 bits per heavy atom. The number of hydrogen-bond acceptors (Lipinski definition) is 4. The Morgan fingerprint density at radius 1 is 1.41 bits per heavy atom. The Labute approximate surface area is 97.3 Å². The van der Waals surface area contributed by atoms with E-state index in [1.807, 2.05) is 6.07 Å². The topological polar surface area (TPSA) is 78.8 Å². The van der Waals surface area contributed by atoms with E-state index < -0.39 is 0 Å². The lowest BCUT2D eigenvalue weighted by atomic mass is 10.1. The van der Waals surface area contributed by atoms with Gasteiger partial charge in [0.1, 0.15) is 5.75 Å². The number of nitrogens with zero attached hydrogens (tertiary/aromatic N) is 2. The number of nitrogens with one attached hydrogen (secondary N) is 1. The molecule has 2 rings (SSSR count). The first kappa shape index (κ1) is 10.9. The highest BCUT2D eigenvalue weighted by Gasteiger charge is 2.08. The van der Waals surface area contributed by atoms with Crippen molar-refractivity contribution in [1.82, 2.24) is 9.97 Å². The molecule has 0 aliphatic carbocycles. The molecule has 1 aromatic heterocycles. The number of H-pyrrole nitrogens is 1. The van der Waals surface area contributed by atoms with E-state index in [-0.39, 0.29) is 5.56 Å².